The normalized spacial score (nSPS) is 19.8. The second kappa shape index (κ2) is 5.12. The van der Waals surface area contributed by atoms with Gasteiger partial charge in [-0.25, -0.2) is 4.98 Å². The van der Waals surface area contributed by atoms with Gasteiger partial charge in [-0.15, -0.1) is 0 Å². The van der Waals surface area contributed by atoms with Crippen LogP contribution in [0.1, 0.15) is 12.8 Å². The van der Waals surface area contributed by atoms with Gasteiger partial charge in [0.05, 0.1) is 6.10 Å². The van der Waals surface area contributed by atoms with Crippen molar-refractivity contribution in [3.8, 4) is 0 Å². The summed E-state index contributed by atoms with van der Waals surface area (Å²) in [6, 6.07) is 1.89. The fourth-order valence-electron chi connectivity index (χ4n) is 1.69. The number of nitrogens with zero attached hydrogens (tertiary/aromatic N) is 3. The van der Waals surface area contributed by atoms with Crippen molar-refractivity contribution in [3.63, 3.8) is 0 Å². The molecule has 1 unspecified atom stereocenters. The van der Waals surface area contributed by atoms with Crippen molar-refractivity contribution in [1.29, 1.82) is 0 Å². The van der Waals surface area contributed by atoms with Crippen LogP contribution >= 0.6 is 0 Å². The summed E-state index contributed by atoms with van der Waals surface area (Å²) in [4.78, 5) is 10.5. The van der Waals surface area contributed by atoms with E-state index in [2.05, 4.69) is 15.3 Å². The van der Waals surface area contributed by atoms with Gasteiger partial charge in [-0.05, 0) is 18.9 Å². The van der Waals surface area contributed by atoms with E-state index in [4.69, 9.17) is 4.74 Å². The number of nitrogens with one attached hydrogen (secondary N) is 1. The largest absolute Gasteiger partial charge is 0.376 e. The van der Waals surface area contributed by atoms with Crippen LogP contribution in [0.2, 0.25) is 0 Å². The Bertz CT molecular complexity index is 337. The van der Waals surface area contributed by atoms with Crippen molar-refractivity contribution >= 4 is 11.8 Å². The molecule has 0 saturated carbocycles. The molecule has 1 aromatic rings. The molecular weight excluding hydrogens is 204 g/mol. The molecule has 5 nitrogen and oxygen atoms in total. The second-order valence-electron chi connectivity index (χ2n) is 4.15. The van der Waals surface area contributed by atoms with E-state index in [-0.39, 0.29) is 0 Å². The second-order valence-corrected chi connectivity index (χ2v) is 4.15. The molecule has 0 aromatic carbocycles. The van der Waals surface area contributed by atoms with E-state index in [1.807, 2.05) is 25.1 Å². The average molecular weight is 222 g/mol. The van der Waals surface area contributed by atoms with Gasteiger partial charge in [-0.3, -0.25) is 0 Å². The van der Waals surface area contributed by atoms with Gasteiger partial charge in [-0.2, -0.15) is 4.98 Å². The Hall–Kier alpha value is -1.36. The third-order valence-electron chi connectivity index (χ3n) is 2.61. The maximum absolute atomic E-state index is 5.52. The van der Waals surface area contributed by atoms with Gasteiger partial charge >= 0.3 is 0 Å². The summed E-state index contributed by atoms with van der Waals surface area (Å²) in [5, 5.41) is 3.21. The van der Waals surface area contributed by atoms with Crippen LogP contribution in [-0.2, 0) is 4.74 Å². The molecule has 0 radical (unpaired) electrons. The predicted octanol–water partition coefficient (Wildman–Crippen LogP) is 1.13. The molecule has 1 N–H and O–H groups in total. The zero-order valence-corrected chi connectivity index (χ0v) is 9.81. The molecule has 0 amide bonds. The van der Waals surface area contributed by atoms with Crippen LogP contribution < -0.4 is 10.2 Å². The topological polar surface area (TPSA) is 50.3 Å². The van der Waals surface area contributed by atoms with Crippen LogP contribution in [0.5, 0.6) is 0 Å². The quantitative estimate of drug-likeness (QED) is 0.827. The molecule has 2 heterocycles. The smallest absolute Gasteiger partial charge is 0.224 e. The van der Waals surface area contributed by atoms with Crippen LogP contribution in [-0.4, -0.2) is 43.3 Å². The molecule has 5 heteroatoms. The summed E-state index contributed by atoms with van der Waals surface area (Å²) in [6.45, 7) is 1.67. The van der Waals surface area contributed by atoms with Gasteiger partial charge in [0.1, 0.15) is 5.82 Å². The highest BCUT2D eigenvalue weighted by atomic mass is 16.5. The molecule has 1 aromatic heterocycles. The van der Waals surface area contributed by atoms with E-state index < -0.39 is 0 Å². The van der Waals surface area contributed by atoms with Crippen LogP contribution in [0.3, 0.4) is 0 Å². The van der Waals surface area contributed by atoms with Crippen LogP contribution in [0.4, 0.5) is 11.8 Å². The number of hydrogen-bond acceptors (Lipinski definition) is 5. The van der Waals surface area contributed by atoms with E-state index in [0.717, 1.165) is 31.8 Å². The minimum atomic E-state index is 0.312. The monoisotopic (exact) mass is 222 g/mol. The zero-order chi connectivity index (χ0) is 11.4. The van der Waals surface area contributed by atoms with Crippen molar-refractivity contribution in [2.45, 2.75) is 18.9 Å². The molecular formula is C11H18N4O. The molecule has 0 bridgehead atoms. The fraction of sp³-hybridized carbons (Fsp3) is 0.636. The Morgan fingerprint density at radius 3 is 3.12 bits per heavy atom. The van der Waals surface area contributed by atoms with Crippen molar-refractivity contribution in [1.82, 2.24) is 9.97 Å². The molecule has 16 heavy (non-hydrogen) atoms. The SMILES string of the molecule is CN(C)c1ccnc(NCC2CCCO2)n1. The summed E-state index contributed by atoms with van der Waals surface area (Å²) in [5.41, 5.74) is 0. The number of rotatable bonds is 4. The van der Waals surface area contributed by atoms with Crippen molar-refractivity contribution in [3.05, 3.63) is 12.3 Å². The van der Waals surface area contributed by atoms with Crippen LogP contribution in [0, 0.1) is 0 Å². The molecule has 1 aliphatic heterocycles. The van der Waals surface area contributed by atoms with Crippen molar-refractivity contribution < 1.29 is 4.74 Å². The first-order valence-electron chi connectivity index (χ1n) is 5.61. The van der Waals surface area contributed by atoms with Gasteiger partial charge in [-0.1, -0.05) is 0 Å². The minimum absolute atomic E-state index is 0.312. The third-order valence-corrected chi connectivity index (χ3v) is 2.61. The number of anilines is 2. The standard InChI is InChI=1S/C11H18N4O/c1-15(2)10-5-6-12-11(14-10)13-8-9-4-3-7-16-9/h5-6,9H,3-4,7-8H2,1-2H3,(H,12,13,14). The summed E-state index contributed by atoms with van der Waals surface area (Å²) in [5.74, 6) is 1.58. The highest BCUT2D eigenvalue weighted by molar-refractivity contribution is 5.40. The average Bonchev–Trinajstić information content (AvgIpc) is 2.79. The molecule has 2 rings (SSSR count). The fourth-order valence-corrected chi connectivity index (χ4v) is 1.69. The Morgan fingerprint density at radius 2 is 2.44 bits per heavy atom. The predicted molar refractivity (Wildman–Crippen MR) is 63.8 cm³/mol. The first-order valence-corrected chi connectivity index (χ1v) is 5.61. The lowest BCUT2D eigenvalue weighted by molar-refractivity contribution is 0.120. The molecule has 0 spiro atoms. The number of ether oxygens (including phenoxy) is 1. The van der Waals surface area contributed by atoms with Gasteiger partial charge in [0.15, 0.2) is 0 Å². The van der Waals surface area contributed by atoms with E-state index >= 15 is 0 Å². The van der Waals surface area contributed by atoms with E-state index in [1.165, 1.54) is 0 Å². The minimum Gasteiger partial charge on any atom is -0.376 e. The lowest BCUT2D eigenvalue weighted by atomic mass is 10.2. The lowest BCUT2D eigenvalue weighted by Crippen LogP contribution is -2.20. The van der Waals surface area contributed by atoms with Gasteiger partial charge < -0.3 is 15.0 Å². The van der Waals surface area contributed by atoms with Crippen LogP contribution in [0.25, 0.3) is 0 Å². The van der Waals surface area contributed by atoms with Gasteiger partial charge in [0.2, 0.25) is 5.95 Å². The van der Waals surface area contributed by atoms with E-state index in [1.54, 1.807) is 6.20 Å². The molecule has 1 fully saturated rings. The molecule has 0 aliphatic carbocycles. The summed E-state index contributed by atoms with van der Waals surface area (Å²) in [6.07, 6.45) is 4.36. The third kappa shape index (κ3) is 2.82. The lowest BCUT2D eigenvalue weighted by Gasteiger charge is -2.14. The Morgan fingerprint density at radius 1 is 1.56 bits per heavy atom. The summed E-state index contributed by atoms with van der Waals surface area (Å²) in [7, 11) is 3.93. The molecule has 1 atom stereocenters. The first kappa shape index (κ1) is 11.1. The number of aromatic nitrogens is 2. The molecule has 88 valence electrons. The Balaban J connectivity index is 1.90. The van der Waals surface area contributed by atoms with Crippen LogP contribution in [0.15, 0.2) is 12.3 Å². The maximum Gasteiger partial charge on any atom is 0.224 e. The number of hydrogen-bond donors (Lipinski definition) is 1. The van der Waals surface area contributed by atoms with Gasteiger partial charge in [0, 0.05) is 33.4 Å². The summed E-state index contributed by atoms with van der Waals surface area (Å²) < 4.78 is 5.52. The Labute approximate surface area is 95.8 Å². The summed E-state index contributed by atoms with van der Waals surface area (Å²) >= 11 is 0. The van der Waals surface area contributed by atoms with E-state index in [9.17, 15) is 0 Å². The van der Waals surface area contributed by atoms with Crippen molar-refractivity contribution in [2.75, 3.05) is 37.5 Å². The first-order chi connectivity index (χ1) is 7.75. The maximum atomic E-state index is 5.52. The molecule has 1 saturated heterocycles. The zero-order valence-electron chi connectivity index (χ0n) is 9.81. The van der Waals surface area contributed by atoms with E-state index in [0.29, 0.717) is 12.1 Å². The molecule has 1 aliphatic rings. The highest BCUT2D eigenvalue weighted by Gasteiger charge is 2.15. The van der Waals surface area contributed by atoms with Crippen molar-refractivity contribution in [2.24, 2.45) is 0 Å². The highest BCUT2D eigenvalue weighted by Crippen LogP contribution is 2.13. The Kier molecular flexibility index (Phi) is 3.56. The van der Waals surface area contributed by atoms with Gasteiger partial charge in [0.25, 0.3) is 0 Å².